The average molecular weight is 384 g/mol. The fraction of sp³-hybridized carbons (Fsp3) is 0.368. The van der Waals surface area contributed by atoms with Gasteiger partial charge in [-0.05, 0) is 47.6 Å². The molecule has 0 unspecified atom stereocenters. The summed E-state index contributed by atoms with van der Waals surface area (Å²) in [5.41, 5.74) is -2.45. The van der Waals surface area contributed by atoms with E-state index in [-0.39, 0.29) is 5.75 Å². The van der Waals surface area contributed by atoms with E-state index in [0.717, 1.165) is 11.1 Å². The minimum atomic E-state index is -5.65. The molecule has 26 heavy (non-hydrogen) atoms. The molecule has 7 heteroatoms. The number of halogens is 3. The highest BCUT2D eigenvalue weighted by Gasteiger charge is 2.48. The van der Waals surface area contributed by atoms with Crippen molar-refractivity contribution >= 4 is 10.1 Å². The van der Waals surface area contributed by atoms with Gasteiger partial charge in [-0.3, -0.25) is 0 Å². The number of alkyl halides is 3. The van der Waals surface area contributed by atoms with E-state index in [1.165, 1.54) is 61.9 Å². The first-order chi connectivity index (χ1) is 12.3. The number of rotatable bonds is 4. The maximum absolute atomic E-state index is 12.3. The maximum Gasteiger partial charge on any atom is 0.534 e. The molecule has 1 fully saturated rings. The number of benzene rings is 2. The van der Waals surface area contributed by atoms with Gasteiger partial charge in [0.2, 0.25) is 0 Å². The molecule has 0 atom stereocenters. The fourth-order valence-electron chi connectivity index (χ4n) is 3.26. The van der Waals surface area contributed by atoms with Crippen LogP contribution in [0.15, 0.2) is 48.5 Å². The van der Waals surface area contributed by atoms with E-state index in [0.29, 0.717) is 5.92 Å². The Morgan fingerprint density at radius 1 is 0.808 bits per heavy atom. The van der Waals surface area contributed by atoms with Crippen LogP contribution in [-0.4, -0.2) is 13.9 Å². The SMILES string of the molecule is O=S(=O)(Oc1ccc(-c2ccc(C3CCCCC3)cc2)cc1)C(F)(F)F. The molecule has 0 aromatic heterocycles. The van der Waals surface area contributed by atoms with E-state index in [2.05, 4.69) is 16.3 Å². The van der Waals surface area contributed by atoms with E-state index in [1.54, 1.807) is 0 Å². The highest BCUT2D eigenvalue weighted by molar-refractivity contribution is 7.88. The predicted octanol–water partition coefficient (Wildman–Crippen LogP) is 5.63. The van der Waals surface area contributed by atoms with Crippen molar-refractivity contribution in [3.05, 3.63) is 54.1 Å². The quantitative estimate of drug-likeness (QED) is 0.507. The van der Waals surface area contributed by atoms with Gasteiger partial charge < -0.3 is 4.18 Å². The molecule has 0 spiro atoms. The summed E-state index contributed by atoms with van der Waals surface area (Å²) in [4.78, 5) is 0. The molecule has 1 aliphatic rings. The normalized spacial score (nSPS) is 16.4. The van der Waals surface area contributed by atoms with Crippen molar-refractivity contribution < 1.29 is 25.8 Å². The van der Waals surface area contributed by atoms with E-state index in [9.17, 15) is 21.6 Å². The lowest BCUT2D eigenvalue weighted by Crippen LogP contribution is -2.28. The van der Waals surface area contributed by atoms with E-state index in [1.807, 2.05) is 12.1 Å². The van der Waals surface area contributed by atoms with Crippen LogP contribution in [0.1, 0.15) is 43.6 Å². The van der Waals surface area contributed by atoms with Crippen LogP contribution in [0.3, 0.4) is 0 Å². The third-order valence-electron chi connectivity index (χ3n) is 4.66. The van der Waals surface area contributed by atoms with Crippen molar-refractivity contribution in [1.29, 1.82) is 0 Å². The Labute approximate surface area is 150 Å². The van der Waals surface area contributed by atoms with Gasteiger partial charge in [0, 0.05) is 0 Å². The molecule has 3 rings (SSSR count). The standard InChI is InChI=1S/C19H19F3O3S/c20-19(21,22)26(23,24)25-18-12-10-17(11-13-18)16-8-6-15(7-9-16)14-4-2-1-3-5-14/h6-14H,1-5H2. The maximum atomic E-state index is 12.3. The fourth-order valence-corrected chi connectivity index (χ4v) is 3.72. The predicted molar refractivity (Wildman–Crippen MR) is 93.3 cm³/mol. The lowest BCUT2D eigenvalue weighted by atomic mass is 9.84. The summed E-state index contributed by atoms with van der Waals surface area (Å²) in [5, 5.41) is 0. The van der Waals surface area contributed by atoms with Crippen LogP contribution in [-0.2, 0) is 10.1 Å². The summed E-state index contributed by atoms with van der Waals surface area (Å²) < 4.78 is 63.2. The van der Waals surface area contributed by atoms with Gasteiger partial charge >= 0.3 is 15.6 Å². The third kappa shape index (κ3) is 4.20. The van der Waals surface area contributed by atoms with Crippen LogP contribution >= 0.6 is 0 Å². The first-order valence-electron chi connectivity index (χ1n) is 8.47. The van der Waals surface area contributed by atoms with Crippen LogP contribution in [0.5, 0.6) is 5.75 Å². The molecule has 0 amide bonds. The lowest BCUT2D eigenvalue weighted by molar-refractivity contribution is -0.0500. The molecule has 0 heterocycles. The largest absolute Gasteiger partial charge is 0.534 e. The molecule has 140 valence electrons. The average Bonchev–Trinajstić information content (AvgIpc) is 2.62. The summed E-state index contributed by atoms with van der Waals surface area (Å²) >= 11 is 0. The second-order valence-corrected chi connectivity index (χ2v) is 8.00. The van der Waals surface area contributed by atoms with Crippen molar-refractivity contribution in [3.63, 3.8) is 0 Å². The van der Waals surface area contributed by atoms with Gasteiger partial charge in [-0.2, -0.15) is 21.6 Å². The molecule has 1 saturated carbocycles. The molecule has 0 radical (unpaired) electrons. The molecule has 0 N–H and O–H groups in total. The van der Waals surface area contributed by atoms with Crippen LogP contribution in [0.4, 0.5) is 13.2 Å². The highest BCUT2D eigenvalue weighted by atomic mass is 32.2. The van der Waals surface area contributed by atoms with Crippen molar-refractivity contribution in [2.75, 3.05) is 0 Å². The summed E-state index contributed by atoms with van der Waals surface area (Å²) in [7, 11) is -5.65. The van der Waals surface area contributed by atoms with E-state index in [4.69, 9.17) is 0 Å². The van der Waals surface area contributed by atoms with E-state index < -0.39 is 15.6 Å². The van der Waals surface area contributed by atoms with Gasteiger partial charge in [-0.25, -0.2) is 0 Å². The minimum Gasteiger partial charge on any atom is -0.376 e. The van der Waals surface area contributed by atoms with E-state index >= 15 is 0 Å². The third-order valence-corrected chi connectivity index (χ3v) is 5.64. The van der Waals surface area contributed by atoms with Gasteiger partial charge in [0.25, 0.3) is 0 Å². The topological polar surface area (TPSA) is 43.4 Å². The minimum absolute atomic E-state index is 0.370. The van der Waals surface area contributed by atoms with Crippen molar-refractivity contribution in [3.8, 4) is 16.9 Å². The first-order valence-corrected chi connectivity index (χ1v) is 9.88. The zero-order valence-corrected chi connectivity index (χ0v) is 14.8. The Morgan fingerprint density at radius 2 is 1.31 bits per heavy atom. The second kappa shape index (κ2) is 7.31. The number of hydrogen-bond donors (Lipinski definition) is 0. The Balaban J connectivity index is 1.72. The monoisotopic (exact) mass is 384 g/mol. The molecule has 1 aliphatic carbocycles. The van der Waals surface area contributed by atoms with Gasteiger partial charge in [0.15, 0.2) is 0 Å². The molecular formula is C19H19F3O3S. The Kier molecular flexibility index (Phi) is 5.27. The van der Waals surface area contributed by atoms with Gasteiger partial charge in [0.1, 0.15) is 5.75 Å². The summed E-state index contributed by atoms with van der Waals surface area (Å²) in [6.07, 6.45) is 6.23. The molecule has 2 aromatic rings. The van der Waals surface area contributed by atoms with Crippen LogP contribution in [0.2, 0.25) is 0 Å². The second-order valence-electron chi connectivity index (χ2n) is 6.46. The molecule has 2 aromatic carbocycles. The van der Waals surface area contributed by atoms with Gasteiger partial charge in [0.05, 0.1) is 0 Å². The summed E-state index contributed by atoms with van der Waals surface area (Å²) in [6.45, 7) is 0. The smallest absolute Gasteiger partial charge is 0.376 e. The first kappa shape index (κ1) is 18.8. The highest BCUT2D eigenvalue weighted by Crippen LogP contribution is 2.34. The van der Waals surface area contributed by atoms with Crippen LogP contribution in [0, 0.1) is 0 Å². The van der Waals surface area contributed by atoms with Crippen LogP contribution in [0.25, 0.3) is 11.1 Å². The lowest BCUT2D eigenvalue weighted by Gasteiger charge is -2.22. The number of hydrogen-bond acceptors (Lipinski definition) is 3. The zero-order valence-electron chi connectivity index (χ0n) is 14.0. The Bertz CT molecular complexity index is 835. The summed E-state index contributed by atoms with van der Waals surface area (Å²) in [5.74, 6) is 0.228. The Hall–Kier alpha value is -2.02. The van der Waals surface area contributed by atoms with Crippen molar-refractivity contribution in [2.24, 2.45) is 0 Å². The van der Waals surface area contributed by atoms with Crippen molar-refractivity contribution in [1.82, 2.24) is 0 Å². The van der Waals surface area contributed by atoms with Crippen molar-refractivity contribution in [2.45, 2.75) is 43.5 Å². The van der Waals surface area contributed by atoms with Gasteiger partial charge in [-0.15, -0.1) is 0 Å². The summed E-state index contributed by atoms with van der Waals surface area (Å²) in [6, 6.07) is 13.6. The molecule has 3 nitrogen and oxygen atoms in total. The van der Waals surface area contributed by atoms with Crippen LogP contribution < -0.4 is 4.18 Å². The Morgan fingerprint density at radius 3 is 1.81 bits per heavy atom. The molecule has 0 saturated heterocycles. The molecule has 0 aliphatic heterocycles. The molecule has 0 bridgehead atoms. The zero-order chi connectivity index (χ0) is 18.8. The molecular weight excluding hydrogens is 365 g/mol. The van der Waals surface area contributed by atoms with Gasteiger partial charge in [-0.1, -0.05) is 55.7 Å².